The highest BCUT2D eigenvalue weighted by molar-refractivity contribution is 6.42. The molecule has 0 aromatic carbocycles. The SMILES string of the molecule is CCn1cc(C(=O)C(=O)N2CCC(CC)(CO)CC2)cn1. The summed E-state index contributed by atoms with van der Waals surface area (Å²) in [6, 6.07) is 0. The van der Waals surface area contributed by atoms with Crippen molar-refractivity contribution in [3.63, 3.8) is 0 Å². The lowest BCUT2D eigenvalue weighted by Gasteiger charge is -2.39. The highest BCUT2D eigenvalue weighted by Crippen LogP contribution is 2.34. The largest absolute Gasteiger partial charge is 0.396 e. The molecule has 0 radical (unpaired) electrons. The van der Waals surface area contributed by atoms with Crippen LogP contribution >= 0.6 is 0 Å². The summed E-state index contributed by atoms with van der Waals surface area (Å²) in [6.45, 7) is 5.84. The molecule has 0 saturated carbocycles. The quantitative estimate of drug-likeness (QED) is 0.651. The van der Waals surface area contributed by atoms with Crippen LogP contribution in [-0.2, 0) is 11.3 Å². The molecule has 6 nitrogen and oxygen atoms in total. The van der Waals surface area contributed by atoms with Crippen LogP contribution in [0.4, 0.5) is 0 Å². The Morgan fingerprint density at radius 1 is 1.33 bits per heavy atom. The first kappa shape index (κ1) is 15.7. The van der Waals surface area contributed by atoms with E-state index in [1.807, 2.05) is 6.92 Å². The molecular formula is C15H23N3O3. The number of ketones is 1. The third kappa shape index (κ3) is 3.15. The summed E-state index contributed by atoms with van der Waals surface area (Å²) < 4.78 is 1.63. The molecule has 2 rings (SSSR count). The van der Waals surface area contributed by atoms with Gasteiger partial charge in [0.25, 0.3) is 11.7 Å². The number of likely N-dealkylation sites (tertiary alicyclic amines) is 1. The van der Waals surface area contributed by atoms with Gasteiger partial charge in [0.15, 0.2) is 0 Å². The number of piperidine rings is 1. The Morgan fingerprint density at radius 2 is 2.00 bits per heavy atom. The van der Waals surface area contributed by atoms with E-state index in [-0.39, 0.29) is 12.0 Å². The first-order valence-corrected chi connectivity index (χ1v) is 7.52. The molecule has 2 heterocycles. The van der Waals surface area contributed by atoms with Gasteiger partial charge < -0.3 is 10.0 Å². The summed E-state index contributed by atoms with van der Waals surface area (Å²) in [5.41, 5.74) is 0.253. The molecule has 6 heteroatoms. The molecule has 1 saturated heterocycles. The molecule has 1 aromatic rings. The first-order chi connectivity index (χ1) is 10.0. The lowest BCUT2D eigenvalue weighted by molar-refractivity contribution is -0.129. The van der Waals surface area contributed by atoms with Crippen molar-refractivity contribution in [3.05, 3.63) is 18.0 Å². The van der Waals surface area contributed by atoms with Crippen LogP contribution in [0.3, 0.4) is 0 Å². The summed E-state index contributed by atoms with van der Waals surface area (Å²) in [6.07, 6.45) is 5.43. The van der Waals surface area contributed by atoms with Crippen LogP contribution in [0.15, 0.2) is 12.4 Å². The molecule has 0 unspecified atom stereocenters. The number of carbonyl (C=O) groups excluding carboxylic acids is 2. The van der Waals surface area contributed by atoms with Crippen molar-refractivity contribution in [1.82, 2.24) is 14.7 Å². The van der Waals surface area contributed by atoms with E-state index >= 15 is 0 Å². The lowest BCUT2D eigenvalue weighted by atomic mass is 9.77. The summed E-state index contributed by atoms with van der Waals surface area (Å²) in [5, 5.41) is 13.5. The second-order valence-electron chi connectivity index (χ2n) is 5.72. The van der Waals surface area contributed by atoms with Gasteiger partial charge in [0.2, 0.25) is 0 Å². The Kier molecular flexibility index (Phi) is 4.77. The van der Waals surface area contributed by atoms with Gasteiger partial charge >= 0.3 is 0 Å². The second-order valence-corrected chi connectivity index (χ2v) is 5.72. The summed E-state index contributed by atoms with van der Waals surface area (Å²) in [4.78, 5) is 26.0. The fourth-order valence-electron chi connectivity index (χ4n) is 2.73. The van der Waals surface area contributed by atoms with E-state index in [0.717, 1.165) is 19.3 Å². The number of aliphatic hydroxyl groups excluding tert-OH is 1. The van der Waals surface area contributed by atoms with Gasteiger partial charge in [0.1, 0.15) is 0 Å². The van der Waals surface area contributed by atoms with Crippen molar-refractivity contribution in [2.45, 2.75) is 39.7 Å². The van der Waals surface area contributed by atoms with Crippen molar-refractivity contribution in [1.29, 1.82) is 0 Å². The van der Waals surface area contributed by atoms with E-state index in [9.17, 15) is 14.7 Å². The number of rotatable bonds is 5. The summed E-state index contributed by atoms with van der Waals surface area (Å²) in [7, 11) is 0. The minimum absolute atomic E-state index is 0.0904. The molecule has 0 spiro atoms. The van der Waals surface area contributed by atoms with E-state index in [4.69, 9.17) is 0 Å². The van der Waals surface area contributed by atoms with Crippen molar-refractivity contribution in [2.24, 2.45) is 5.41 Å². The molecule has 0 aliphatic carbocycles. The molecule has 1 aliphatic heterocycles. The predicted molar refractivity (Wildman–Crippen MR) is 77.9 cm³/mol. The summed E-state index contributed by atoms with van der Waals surface area (Å²) in [5.74, 6) is -0.962. The lowest BCUT2D eigenvalue weighted by Crippen LogP contribution is -2.46. The number of aliphatic hydroxyl groups is 1. The van der Waals surface area contributed by atoms with Crippen molar-refractivity contribution < 1.29 is 14.7 Å². The molecule has 0 atom stereocenters. The average molecular weight is 293 g/mol. The van der Waals surface area contributed by atoms with Crippen LogP contribution in [0.5, 0.6) is 0 Å². The van der Waals surface area contributed by atoms with E-state index in [1.165, 1.54) is 6.20 Å². The Morgan fingerprint density at radius 3 is 2.48 bits per heavy atom. The van der Waals surface area contributed by atoms with E-state index < -0.39 is 11.7 Å². The van der Waals surface area contributed by atoms with Gasteiger partial charge in [-0.2, -0.15) is 5.10 Å². The van der Waals surface area contributed by atoms with Crippen LogP contribution in [0, 0.1) is 5.41 Å². The van der Waals surface area contributed by atoms with Crippen molar-refractivity contribution in [3.8, 4) is 0 Å². The van der Waals surface area contributed by atoms with Gasteiger partial charge in [-0.05, 0) is 31.6 Å². The number of hydrogen-bond donors (Lipinski definition) is 1. The van der Waals surface area contributed by atoms with Crippen LogP contribution in [-0.4, -0.2) is 51.2 Å². The second kappa shape index (κ2) is 6.39. The minimum atomic E-state index is -0.498. The van der Waals surface area contributed by atoms with Gasteiger partial charge in [-0.1, -0.05) is 6.92 Å². The van der Waals surface area contributed by atoms with E-state index in [1.54, 1.807) is 15.8 Å². The Hall–Kier alpha value is -1.69. The maximum absolute atomic E-state index is 12.3. The first-order valence-electron chi connectivity index (χ1n) is 7.52. The highest BCUT2D eigenvalue weighted by atomic mass is 16.3. The van der Waals surface area contributed by atoms with Gasteiger partial charge in [-0.3, -0.25) is 14.3 Å². The number of aryl methyl sites for hydroxylation is 1. The smallest absolute Gasteiger partial charge is 0.295 e. The van der Waals surface area contributed by atoms with Crippen molar-refractivity contribution in [2.75, 3.05) is 19.7 Å². The standard InChI is InChI=1S/C15H23N3O3/c1-3-15(11-19)5-7-17(8-6-15)14(21)13(20)12-9-16-18(4-2)10-12/h9-10,19H,3-8,11H2,1-2H3. The van der Waals surface area contributed by atoms with Gasteiger partial charge in [0, 0.05) is 32.4 Å². The third-order valence-corrected chi connectivity index (χ3v) is 4.61. The van der Waals surface area contributed by atoms with Gasteiger partial charge in [0.05, 0.1) is 11.8 Å². The van der Waals surface area contributed by atoms with Crippen LogP contribution < -0.4 is 0 Å². The minimum Gasteiger partial charge on any atom is -0.396 e. The highest BCUT2D eigenvalue weighted by Gasteiger charge is 2.35. The Bertz CT molecular complexity index is 510. The number of Topliss-reactive ketones (excluding diaryl/α,β-unsaturated/α-hetero) is 1. The number of hydrogen-bond acceptors (Lipinski definition) is 4. The molecule has 21 heavy (non-hydrogen) atoms. The molecule has 116 valence electrons. The predicted octanol–water partition coefficient (Wildman–Crippen LogP) is 1.10. The molecule has 1 fully saturated rings. The molecule has 1 N–H and O–H groups in total. The Labute approximate surface area is 124 Å². The summed E-state index contributed by atoms with van der Waals surface area (Å²) >= 11 is 0. The molecule has 1 amide bonds. The third-order valence-electron chi connectivity index (χ3n) is 4.61. The number of amides is 1. The zero-order valence-electron chi connectivity index (χ0n) is 12.7. The topological polar surface area (TPSA) is 75.4 Å². The van der Waals surface area contributed by atoms with Crippen molar-refractivity contribution >= 4 is 11.7 Å². The maximum Gasteiger partial charge on any atom is 0.295 e. The van der Waals surface area contributed by atoms with Gasteiger partial charge in [-0.25, -0.2) is 0 Å². The number of nitrogens with zero attached hydrogens (tertiary/aromatic N) is 3. The molecule has 0 bridgehead atoms. The normalized spacial score (nSPS) is 17.8. The van der Waals surface area contributed by atoms with Gasteiger partial charge in [-0.15, -0.1) is 0 Å². The molecular weight excluding hydrogens is 270 g/mol. The number of carbonyl (C=O) groups is 2. The Balaban J connectivity index is 2.00. The zero-order valence-corrected chi connectivity index (χ0v) is 12.7. The zero-order chi connectivity index (χ0) is 15.5. The molecule has 1 aromatic heterocycles. The molecule has 1 aliphatic rings. The maximum atomic E-state index is 12.3. The van der Waals surface area contributed by atoms with Crippen LogP contribution in [0.2, 0.25) is 0 Å². The number of aromatic nitrogens is 2. The average Bonchev–Trinajstić information content (AvgIpc) is 3.02. The van der Waals surface area contributed by atoms with Crippen LogP contribution in [0.1, 0.15) is 43.5 Å². The van der Waals surface area contributed by atoms with Crippen LogP contribution in [0.25, 0.3) is 0 Å². The van der Waals surface area contributed by atoms with E-state index in [2.05, 4.69) is 12.0 Å². The fourth-order valence-corrected chi connectivity index (χ4v) is 2.73. The fraction of sp³-hybridized carbons (Fsp3) is 0.667. The monoisotopic (exact) mass is 293 g/mol. The van der Waals surface area contributed by atoms with E-state index in [0.29, 0.717) is 25.2 Å².